The number of amides is 1. The molecular weight excluding hydrogens is 382 g/mol. The summed E-state index contributed by atoms with van der Waals surface area (Å²) in [6, 6.07) is 15.0. The molecule has 3 heterocycles. The monoisotopic (exact) mass is 405 g/mol. The number of anilines is 1. The molecule has 0 spiro atoms. The van der Waals surface area contributed by atoms with Crippen molar-refractivity contribution in [1.29, 1.82) is 0 Å². The van der Waals surface area contributed by atoms with Crippen LogP contribution in [0.15, 0.2) is 60.9 Å². The minimum Gasteiger partial charge on any atom is -0.493 e. The minimum absolute atomic E-state index is 0.0131. The van der Waals surface area contributed by atoms with Gasteiger partial charge in [0, 0.05) is 44.1 Å². The van der Waals surface area contributed by atoms with E-state index in [2.05, 4.69) is 20.1 Å². The number of benzene rings is 1. The van der Waals surface area contributed by atoms with E-state index in [-0.39, 0.29) is 12.5 Å². The maximum Gasteiger partial charge on any atom is 0.260 e. The third-order valence-corrected chi connectivity index (χ3v) is 5.00. The average Bonchev–Trinajstić information content (AvgIpc) is 2.83. The van der Waals surface area contributed by atoms with Crippen molar-refractivity contribution in [2.45, 2.75) is 0 Å². The van der Waals surface area contributed by atoms with Gasteiger partial charge in [0.15, 0.2) is 23.9 Å². The topological polar surface area (TPSA) is 80.7 Å². The molecule has 1 aliphatic heterocycles. The molecule has 0 aliphatic carbocycles. The number of hydrogen-bond donors (Lipinski definition) is 0. The van der Waals surface area contributed by atoms with Crippen LogP contribution in [-0.4, -0.2) is 65.9 Å². The highest BCUT2D eigenvalue weighted by atomic mass is 16.5. The van der Waals surface area contributed by atoms with E-state index in [0.717, 1.165) is 17.1 Å². The molecule has 8 nitrogen and oxygen atoms in total. The zero-order valence-corrected chi connectivity index (χ0v) is 16.8. The van der Waals surface area contributed by atoms with Gasteiger partial charge in [0.25, 0.3) is 5.91 Å². The van der Waals surface area contributed by atoms with Gasteiger partial charge in [-0.3, -0.25) is 9.78 Å². The first kappa shape index (κ1) is 19.6. The van der Waals surface area contributed by atoms with Gasteiger partial charge in [-0.25, -0.2) is 0 Å². The normalized spacial score (nSPS) is 13.8. The minimum atomic E-state index is -0.0420. The van der Waals surface area contributed by atoms with E-state index in [1.807, 2.05) is 41.3 Å². The lowest BCUT2D eigenvalue weighted by Gasteiger charge is -2.35. The van der Waals surface area contributed by atoms with Crippen molar-refractivity contribution in [2.75, 3.05) is 44.8 Å². The Kier molecular flexibility index (Phi) is 6.03. The molecule has 1 saturated heterocycles. The molecule has 0 saturated carbocycles. The second-order valence-electron chi connectivity index (χ2n) is 6.82. The lowest BCUT2D eigenvalue weighted by molar-refractivity contribution is -0.133. The standard InChI is InChI=1S/C22H23N5O3/c1-29-19-4-2-3-5-20(19)30-16-22(28)27-14-12-26(13-15-27)21-7-6-18(24-25-21)17-8-10-23-11-9-17/h2-11H,12-16H2,1H3. The largest absolute Gasteiger partial charge is 0.493 e. The van der Waals surface area contributed by atoms with Gasteiger partial charge in [-0.2, -0.15) is 0 Å². The third-order valence-electron chi connectivity index (χ3n) is 5.00. The van der Waals surface area contributed by atoms with E-state index in [4.69, 9.17) is 9.47 Å². The van der Waals surface area contributed by atoms with Crippen LogP contribution < -0.4 is 14.4 Å². The van der Waals surface area contributed by atoms with E-state index in [1.54, 1.807) is 31.6 Å². The molecule has 0 N–H and O–H groups in total. The van der Waals surface area contributed by atoms with E-state index in [1.165, 1.54) is 0 Å². The molecule has 0 atom stereocenters. The molecule has 0 radical (unpaired) electrons. The highest BCUT2D eigenvalue weighted by Gasteiger charge is 2.22. The lowest BCUT2D eigenvalue weighted by Crippen LogP contribution is -2.50. The molecule has 2 aromatic heterocycles. The molecule has 1 fully saturated rings. The second kappa shape index (κ2) is 9.21. The summed E-state index contributed by atoms with van der Waals surface area (Å²) in [6.07, 6.45) is 3.47. The number of hydrogen-bond acceptors (Lipinski definition) is 7. The quantitative estimate of drug-likeness (QED) is 0.622. The summed E-state index contributed by atoms with van der Waals surface area (Å²) in [7, 11) is 1.58. The van der Waals surface area contributed by atoms with Crippen molar-refractivity contribution < 1.29 is 14.3 Å². The van der Waals surface area contributed by atoms with Crippen molar-refractivity contribution in [1.82, 2.24) is 20.1 Å². The first-order valence-corrected chi connectivity index (χ1v) is 9.77. The Bertz CT molecular complexity index is 974. The second-order valence-corrected chi connectivity index (χ2v) is 6.82. The Morgan fingerprint density at radius 3 is 2.33 bits per heavy atom. The predicted octanol–water partition coefficient (Wildman–Crippen LogP) is 2.27. The molecule has 3 aromatic rings. The van der Waals surface area contributed by atoms with Crippen LogP contribution in [0.2, 0.25) is 0 Å². The maximum absolute atomic E-state index is 12.5. The van der Waals surface area contributed by atoms with Gasteiger partial charge in [0.05, 0.1) is 12.8 Å². The van der Waals surface area contributed by atoms with Crippen LogP contribution in [0.3, 0.4) is 0 Å². The number of piperazine rings is 1. The molecule has 0 bridgehead atoms. The third kappa shape index (κ3) is 4.48. The number of nitrogens with zero attached hydrogens (tertiary/aromatic N) is 5. The fourth-order valence-corrected chi connectivity index (χ4v) is 3.32. The zero-order valence-electron chi connectivity index (χ0n) is 16.8. The highest BCUT2D eigenvalue weighted by molar-refractivity contribution is 5.78. The van der Waals surface area contributed by atoms with Crippen LogP contribution in [0.1, 0.15) is 0 Å². The molecule has 0 unspecified atom stereocenters. The number of methoxy groups -OCH3 is 1. The Morgan fingerprint density at radius 2 is 1.67 bits per heavy atom. The van der Waals surface area contributed by atoms with Gasteiger partial charge in [-0.05, 0) is 36.4 Å². The van der Waals surface area contributed by atoms with Crippen molar-refractivity contribution in [3.8, 4) is 22.8 Å². The van der Waals surface area contributed by atoms with Crippen molar-refractivity contribution in [3.05, 3.63) is 60.9 Å². The molecule has 30 heavy (non-hydrogen) atoms. The Labute approximate surface area is 175 Å². The molecule has 154 valence electrons. The van der Waals surface area contributed by atoms with E-state index in [0.29, 0.717) is 37.7 Å². The first-order chi connectivity index (χ1) is 14.7. The van der Waals surface area contributed by atoms with Gasteiger partial charge in [-0.15, -0.1) is 10.2 Å². The molecule has 8 heteroatoms. The number of carbonyl (C=O) groups is 1. The fourth-order valence-electron chi connectivity index (χ4n) is 3.32. The van der Waals surface area contributed by atoms with Crippen LogP contribution >= 0.6 is 0 Å². The van der Waals surface area contributed by atoms with Crippen LogP contribution in [-0.2, 0) is 4.79 Å². The lowest BCUT2D eigenvalue weighted by atomic mass is 10.2. The van der Waals surface area contributed by atoms with Gasteiger partial charge < -0.3 is 19.3 Å². The molecule has 1 amide bonds. The zero-order chi connectivity index (χ0) is 20.8. The summed E-state index contributed by atoms with van der Waals surface area (Å²) >= 11 is 0. The SMILES string of the molecule is COc1ccccc1OCC(=O)N1CCN(c2ccc(-c3ccncc3)nn2)CC1. The van der Waals surface area contributed by atoms with Crippen molar-refractivity contribution in [3.63, 3.8) is 0 Å². The van der Waals surface area contributed by atoms with E-state index in [9.17, 15) is 4.79 Å². The smallest absolute Gasteiger partial charge is 0.260 e. The van der Waals surface area contributed by atoms with Crippen LogP contribution in [0.4, 0.5) is 5.82 Å². The Balaban J connectivity index is 1.30. The number of rotatable bonds is 6. The fraction of sp³-hybridized carbons (Fsp3) is 0.273. The van der Waals surface area contributed by atoms with Crippen molar-refractivity contribution >= 4 is 11.7 Å². The number of ether oxygens (including phenoxy) is 2. The summed E-state index contributed by atoms with van der Waals surface area (Å²) in [5.41, 5.74) is 1.79. The summed E-state index contributed by atoms with van der Waals surface area (Å²) in [4.78, 5) is 20.5. The van der Waals surface area contributed by atoms with Gasteiger partial charge >= 0.3 is 0 Å². The van der Waals surface area contributed by atoms with Crippen LogP contribution in [0, 0.1) is 0 Å². The summed E-state index contributed by atoms with van der Waals surface area (Å²) in [5, 5.41) is 8.68. The molecular formula is C22H23N5O3. The van der Waals surface area contributed by atoms with E-state index >= 15 is 0 Å². The summed E-state index contributed by atoms with van der Waals surface area (Å²) in [6.45, 7) is 2.61. The number of aromatic nitrogens is 3. The Morgan fingerprint density at radius 1 is 0.933 bits per heavy atom. The number of para-hydroxylation sites is 2. The molecule has 4 rings (SSSR count). The number of carbonyl (C=O) groups excluding carboxylic acids is 1. The summed E-state index contributed by atoms with van der Waals surface area (Å²) in [5.74, 6) is 1.95. The van der Waals surface area contributed by atoms with Crippen molar-refractivity contribution in [2.24, 2.45) is 0 Å². The summed E-state index contributed by atoms with van der Waals surface area (Å²) < 4.78 is 10.9. The highest BCUT2D eigenvalue weighted by Crippen LogP contribution is 2.25. The van der Waals surface area contributed by atoms with Gasteiger partial charge in [0.2, 0.25) is 0 Å². The Hall–Kier alpha value is -3.68. The molecule has 1 aromatic carbocycles. The van der Waals surface area contributed by atoms with E-state index < -0.39 is 0 Å². The molecule has 1 aliphatic rings. The average molecular weight is 405 g/mol. The first-order valence-electron chi connectivity index (χ1n) is 9.77. The number of pyridine rings is 1. The van der Waals surface area contributed by atoms with Gasteiger partial charge in [-0.1, -0.05) is 12.1 Å². The van der Waals surface area contributed by atoms with Crippen LogP contribution in [0.25, 0.3) is 11.3 Å². The predicted molar refractivity (Wildman–Crippen MR) is 113 cm³/mol. The van der Waals surface area contributed by atoms with Gasteiger partial charge in [0.1, 0.15) is 0 Å². The van der Waals surface area contributed by atoms with Crippen LogP contribution in [0.5, 0.6) is 11.5 Å². The maximum atomic E-state index is 12.5.